The first-order chi connectivity index (χ1) is 14.2. The van der Waals surface area contributed by atoms with Gasteiger partial charge in [-0.25, -0.2) is 0 Å². The molecule has 0 atom stereocenters. The van der Waals surface area contributed by atoms with E-state index in [-0.39, 0.29) is 0 Å². The van der Waals surface area contributed by atoms with E-state index < -0.39 is 11.7 Å². The zero-order valence-corrected chi connectivity index (χ0v) is 16.7. The highest BCUT2D eigenvalue weighted by molar-refractivity contribution is 5.55. The fourth-order valence-electron chi connectivity index (χ4n) is 2.58. The maximum absolute atomic E-state index is 12.6. The highest BCUT2D eigenvalue weighted by atomic mass is 19.4. The second-order valence-corrected chi connectivity index (χ2v) is 6.83. The van der Waals surface area contributed by atoms with Crippen molar-refractivity contribution in [1.29, 1.82) is 0 Å². The smallest absolute Gasteiger partial charge is 0.378 e. The van der Waals surface area contributed by atoms with E-state index in [1.807, 2.05) is 56.3 Å². The van der Waals surface area contributed by atoms with Gasteiger partial charge in [-0.3, -0.25) is 0 Å². The second-order valence-electron chi connectivity index (χ2n) is 6.83. The molecule has 0 saturated heterocycles. The fraction of sp³-hybridized carbons (Fsp3) is 0.182. The van der Waals surface area contributed by atoms with E-state index >= 15 is 0 Å². The number of hydrogen-bond donors (Lipinski definition) is 0. The highest BCUT2D eigenvalue weighted by Crippen LogP contribution is 2.31. The average Bonchev–Trinajstić information content (AvgIpc) is 2.71. The molecule has 0 spiro atoms. The van der Waals surface area contributed by atoms with Gasteiger partial charge < -0.3 is 4.90 Å². The van der Waals surface area contributed by atoms with E-state index in [4.69, 9.17) is 0 Å². The number of benzene rings is 3. The van der Waals surface area contributed by atoms with Crippen LogP contribution in [0.4, 0.5) is 41.6 Å². The largest absolute Gasteiger partial charge is 0.416 e. The predicted molar refractivity (Wildman–Crippen MR) is 112 cm³/mol. The molecule has 3 aromatic carbocycles. The van der Waals surface area contributed by atoms with Gasteiger partial charge in [-0.2, -0.15) is 33.6 Å². The van der Waals surface area contributed by atoms with E-state index in [0.29, 0.717) is 17.1 Å². The van der Waals surface area contributed by atoms with Gasteiger partial charge in [0, 0.05) is 19.8 Å². The molecule has 0 saturated carbocycles. The molecule has 0 amide bonds. The maximum Gasteiger partial charge on any atom is 0.416 e. The molecule has 0 radical (unpaired) electrons. The van der Waals surface area contributed by atoms with Gasteiger partial charge in [-0.15, -0.1) is 0 Å². The van der Waals surface area contributed by atoms with Crippen LogP contribution in [0.2, 0.25) is 0 Å². The summed E-state index contributed by atoms with van der Waals surface area (Å²) < 4.78 is 37.8. The van der Waals surface area contributed by atoms with E-state index in [0.717, 1.165) is 29.1 Å². The molecule has 8 heteroatoms. The summed E-state index contributed by atoms with van der Waals surface area (Å²) in [6, 6.07) is 17.5. The number of nitrogens with zero attached hydrogens (tertiary/aromatic N) is 5. The summed E-state index contributed by atoms with van der Waals surface area (Å²) in [7, 11) is 3.94. The Labute approximate surface area is 172 Å². The van der Waals surface area contributed by atoms with Crippen molar-refractivity contribution < 1.29 is 13.2 Å². The quantitative estimate of drug-likeness (QED) is 0.394. The van der Waals surface area contributed by atoms with Crippen molar-refractivity contribution in [1.82, 2.24) is 0 Å². The number of rotatable bonds is 5. The van der Waals surface area contributed by atoms with Gasteiger partial charge in [0.2, 0.25) is 0 Å². The van der Waals surface area contributed by atoms with Crippen LogP contribution < -0.4 is 4.90 Å². The normalized spacial score (nSPS) is 12.1. The Hall–Kier alpha value is -3.55. The molecule has 5 nitrogen and oxygen atoms in total. The van der Waals surface area contributed by atoms with Crippen LogP contribution >= 0.6 is 0 Å². The van der Waals surface area contributed by atoms with Gasteiger partial charge in [0.15, 0.2) is 0 Å². The molecule has 0 fully saturated rings. The summed E-state index contributed by atoms with van der Waals surface area (Å²) in [4.78, 5) is 2.00. The van der Waals surface area contributed by atoms with Crippen LogP contribution in [0.3, 0.4) is 0 Å². The maximum atomic E-state index is 12.6. The summed E-state index contributed by atoms with van der Waals surface area (Å²) >= 11 is 0. The molecule has 0 aromatic heterocycles. The first kappa shape index (κ1) is 21.2. The van der Waals surface area contributed by atoms with Crippen molar-refractivity contribution in [3.05, 3.63) is 77.9 Å². The minimum absolute atomic E-state index is 0.340. The molecular weight excluding hydrogens is 391 g/mol. The highest BCUT2D eigenvalue weighted by Gasteiger charge is 2.29. The number of halogens is 3. The van der Waals surface area contributed by atoms with Crippen molar-refractivity contribution in [2.75, 3.05) is 19.0 Å². The summed E-state index contributed by atoms with van der Waals surface area (Å²) in [6.45, 7) is 1.85. The lowest BCUT2D eigenvalue weighted by molar-refractivity contribution is -0.137. The van der Waals surface area contributed by atoms with Gasteiger partial charge in [0.25, 0.3) is 0 Å². The standard InChI is InChI=1S/C22H20F3N5/c1-15-14-19(28-26-18-8-11-20(12-9-18)30(2)3)10-13-21(15)29-27-17-6-4-16(5-7-17)22(23,24)25/h4-14H,1-3H3. The summed E-state index contributed by atoms with van der Waals surface area (Å²) in [6.07, 6.45) is -4.37. The zero-order valence-electron chi connectivity index (χ0n) is 16.7. The lowest BCUT2D eigenvalue weighted by Crippen LogP contribution is -2.07. The Bertz CT molecular complexity index is 1050. The molecule has 154 valence electrons. The Kier molecular flexibility index (Phi) is 6.25. The molecule has 3 aromatic rings. The third-order valence-corrected chi connectivity index (χ3v) is 4.30. The second kappa shape index (κ2) is 8.86. The number of azo groups is 2. The van der Waals surface area contributed by atoms with Gasteiger partial charge in [-0.05, 0) is 79.2 Å². The molecule has 3 rings (SSSR count). The summed E-state index contributed by atoms with van der Waals surface area (Å²) in [5, 5.41) is 16.6. The average molecular weight is 411 g/mol. The van der Waals surface area contributed by atoms with Gasteiger partial charge in [0.1, 0.15) is 0 Å². The SMILES string of the molecule is Cc1cc(N=Nc2ccc(N(C)C)cc2)ccc1N=Nc1ccc(C(F)(F)F)cc1. The van der Waals surface area contributed by atoms with Crippen LogP contribution in [0.1, 0.15) is 11.1 Å². The van der Waals surface area contributed by atoms with Crippen molar-refractivity contribution in [2.45, 2.75) is 13.1 Å². The minimum atomic E-state index is -4.37. The summed E-state index contributed by atoms with van der Waals surface area (Å²) in [5.74, 6) is 0. The van der Waals surface area contributed by atoms with Gasteiger partial charge in [0.05, 0.1) is 28.3 Å². The third kappa shape index (κ3) is 5.50. The van der Waals surface area contributed by atoms with E-state index in [1.165, 1.54) is 12.1 Å². The van der Waals surface area contributed by atoms with Crippen LogP contribution in [0.15, 0.2) is 87.2 Å². The third-order valence-electron chi connectivity index (χ3n) is 4.30. The number of alkyl halides is 3. The monoisotopic (exact) mass is 411 g/mol. The molecule has 0 unspecified atom stereocenters. The Morgan fingerprint density at radius 2 is 1.17 bits per heavy atom. The van der Waals surface area contributed by atoms with Crippen molar-refractivity contribution in [3.8, 4) is 0 Å². The number of aryl methyl sites for hydroxylation is 1. The van der Waals surface area contributed by atoms with Crippen LogP contribution in [0, 0.1) is 6.92 Å². The Balaban J connectivity index is 1.69. The van der Waals surface area contributed by atoms with Crippen molar-refractivity contribution in [3.63, 3.8) is 0 Å². The van der Waals surface area contributed by atoms with Crippen LogP contribution in [0.25, 0.3) is 0 Å². The zero-order chi connectivity index (χ0) is 21.7. The Morgan fingerprint density at radius 3 is 1.70 bits per heavy atom. The molecule has 0 N–H and O–H groups in total. The topological polar surface area (TPSA) is 52.7 Å². The lowest BCUT2D eigenvalue weighted by Gasteiger charge is -2.11. The van der Waals surface area contributed by atoms with E-state index in [1.54, 1.807) is 12.1 Å². The fourth-order valence-corrected chi connectivity index (χ4v) is 2.58. The molecule has 0 heterocycles. The van der Waals surface area contributed by atoms with Gasteiger partial charge in [-0.1, -0.05) is 0 Å². The Morgan fingerprint density at radius 1 is 0.667 bits per heavy atom. The molecule has 30 heavy (non-hydrogen) atoms. The number of anilines is 1. The molecule has 0 aliphatic carbocycles. The summed E-state index contributed by atoms with van der Waals surface area (Å²) in [5.41, 5.74) is 3.53. The minimum Gasteiger partial charge on any atom is -0.378 e. The molecule has 0 bridgehead atoms. The molecule has 0 aliphatic rings. The van der Waals surface area contributed by atoms with Crippen molar-refractivity contribution >= 4 is 28.4 Å². The van der Waals surface area contributed by atoms with Crippen LogP contribution in [0.5, 0.6) is 0 Å². The van der Waals surface area contributed by atoms with Crippen LogP contribution in [-0.2, 0) is 6.18 Å². The van der Waals surface area contributed by atoms with Crippen LogP contribution in [-0.4, -0.2) is 14.1 Å². The first-order valence-corrected chi connectivity index (χ1v) is 9.11. The van der Waals surface area contributed by atoms with Crippen molar-refractivity contribution in [2.24, 2.45) is 20.5 Å². The lowest BCUT2D eigenvalue weighted by atomic mass is 10.2. The van der Waals surface area contributed by atoms with E-state index in [2.05, 4.69) is 20.5 Å². The van der Waals surface area contributed by atoms with Gasteiger partial charge >= 0.3 is 6.18 Å². The predicted octanol–water partition coefficient (Wildman–Crippen LogP) is 7.91. The molecule has 0 aliphatic heterocycles. The first-order valence-electron chi connectivity index (χ1n) is 9.11. The van der Waals surface area contributed by atoms with E-state index in [9.17, 15) is 13.2 Å². The number of hydrogen-bond acceptors (Lipinski definition) is 5. The molecular formula is C22H20F3N5.